The van der Waals surface area contributed by atoms with Gasteiger partial charge in [0.1, 0.15) is 5.76 Å². The molecule has 0 saturated heterocycles. The number of furan rings is 1. The van der Waals surface area contributed by atoms with Crippen LogP contribution in [0.4, 0.5) is 5.69 Å². The van der Waals surface area contributed by atoms with Crippen molar-refractivity contribution in [2.45, 2.75) is 13.5 Å². The maximum Gasteiger partial charge on any atom is 0.164 e. The Morgan fingerprint density at radius 1 is 1.40 bits per heavy atom. The third-order valence-electron chi connectivity index (χ3n) is 2.12. The quantitative estimate of drug-likeness (QED) is 0.884. The van der Waals surface area contributed by atoms with Crippen LogP contribution in [0.15, 0.2) is 35.0 Å². The minimum Gasteiger partial charge on any atom is -0.454 e. The number of nitrogens with zero attached hydrogens (tertiary/aromatic N) is 1. The average molecular weight is 314 g/mol. The van der Waals surface area contributed by atoms with E-state index in [4.69, 9.17) is 4.42 Å². The van der Waals surface area contributed by atoms with Gasteiger partial charge in [-0.25, -0.2) is 0 Å². The molecule has 0 radical (unpaired) electrons. The number of hydrogen-bond acceptors (Lipinski definition) is 3. The molecule has 0 aliphatic carbocycles. The second kappa shape index (κ2) is 4.65. The molecule has 0 saturated carbocycles. The topological polar surface area (TPSA) is 38.1 Å². The molecule has 2 aromatic heterocycles. The zero-order valence-corrected chi connectivity index (χ0v) is 10.5. The fourth-order valence-corrected chi connectivity index (χ4v) is 1.74. The van der Waals surface area contributed by atoms with Gasteiger partial charge < -0.3 is 9.73 Å². The van der Waals surface area contributed by atoms with Gasteiger partial charge in [-0.1, -0.05) is 0 Å². The Hall–Kier alpha value is -1.04. The molecule has 4 heteroatoms. The van der Waals surface area contributed by atoms with E-state index in [0.717, 1.165) is 15.2 Å². The third-order valence-corrected chi connectivity index (χ3v) is 2.70. The Morgan fingerprint density at radius 2 is 2.27 bits per heavy atom. The molecule has 0 aliphatic rings. The van der Waals surface area contributed by atoms with Crippen LogP contribution in [0.2, 0.25) is 0 Å². The van der Waals surface area contributed by atoms with E-state index in [1.807, 2.05) is 24.4 Å². The van der Waals surface area contributed by atoms with Crippen molar-refractivity contribution in [1.29, 1.82) is 0 Å². The first-order valence-electron chi connectivity index (χ1n) is 4.64. The van der Waals surface area contributed by atoms with Crippen LogP contribution in [0.25, 0.3) is 0 Å². The van der Waals surface area contributed by atoms with E-state index in [9.17, 15) is 0 Å². The SMILES string of the molecule is Cc1ccncc1NCc1ccc(I)o1. The van der Waals surface area contributed by atoms with Gasteiger partial charge in [-0.2, -0.15) is 0 Å². The molecule has 15 heavy (non-hydrogen) atoms. The fourth-order valence-electron chi connectivity index (χ4n) is 1.28. The van der Waals surface area contributed by atoms with Gasteiger partial charge in [0.2, 0.25) is 0 Å². The number of anilines is 1. The second-order valence-corrected chi connectivity index (χ2v) is 4.31. The molecule has 2 aromatic rings. The average Bonchev–Trinajstić information content (AvgIpc) is 2.63. The molecule has 3 nitrogen and oxygen atoms in total. The summed E-state index contributed by atoms with van der Waals surface area (Å²) >= 11 is 2.15. The van der Waals surface area contributed by atoms with Gasteiger partial charge in [-0.15, -0.1) is 0 Å². The van der Waals surface area contributed by atoms with Crippen LogP contribution in [0.5, 0.6) is 0 Å². The molecule has 0 bridgehead atoms. The van der Waals surface area contributed by atoms with Crippen molar-refractivity contribution in [3.05, 3.63) is 45.7 Å². The predicted octanol–water partition coefficient (Wildman–Crippen LogP) is 3.20. The Labute approximate surface area is 102 Å². The summed E-state index contributed by atoms with van der Waals surface area (Å²) in [4.78, 5) is 4.07. The van der Waals surface area contributed by atoms with Gasteiger partial charge in [0.25, 0.3) is 0 Å². The van der Waals surface area contributed by atoms with Crippen LogP contribution in [0.3, 0.4) is 0 Å². The molecule has 0 aliphatic heterocycles. The van der Waals surface area contributed by atoms with Crippen molar-refractivity contribution in [1.82, 2.24) is 4.98 Å². The standard InChI is InChI=1S/C11H11IN2O/c1-8-4-5-13-7-10(8)14-6-9-2-3-11(12)15-9/h2-5,7,14H,6H2,1H3. The second-order valence-electron chi connectivity index (χ2n) is 3.25. The number of nitrogens with one attached hydrogen (secondary N) is 1. The summed E-state index contributed by atoms with van der Waals surface area (Å²) in [6.45, 7) is 2.74. The smallest absolute Gasteiger partial charge is 0.164 e. The van der Waals surface area contributed by atoms with E-state index >= 15 is 0 Å². The molecule has 2 heterocycles. The maximum absolute atomic E-state index is 5.45. The monoisotopic (exact) mass is 314 g/mol. The van der Waals surface area contributed by atoms with Crippen molar-refractivity contribution >= 4 is 28.3 Å². The highest BCUT2D eigenvalue weighted by Crippen LogP contribution is 2.15. The molecular formula is C11H11IN2O. The van der Waals surface area contributed by atoms with Crippen LogP contribution in [-0.2, 0) is 6.54 Å². The Morgan fingerprint density at radius 3 is 2.93 bits per heavy atom. The van der Waals surface area contributed by atoms with Crippen molar-refractivity contribution in [2.75, 3.05) is 5.32 Å². The van der Waals surface area contributed by atoms with Crippen LogP contribution >= 0.6 is 22.6 Å². The first-order valence-corrected chi connectivity index (χ1v) is 5.72. The summed E-state index contributed by atoms with van der Waals surface area (Å²) in [7, 11) is 0. The van der Waals surface area contributed by atoms with E-state index < -0.39 is 0 Å². The lowest BCUT2D eigenvalue weighted by molar-refractivity contribution is 0.493. The molecule has 0 atom stereocenters. The Balaban J connectivity index is 2.02. The summed E-state index contributed by atoms with van der Waals surface area (Å²) in [5.41, 5.74) is 2.23. The van der Waals surface area contributed by atoms with Crippen molar-refractivity contribution in [2.24, 2.45) is 0 Å². The van der Waals surface area contributed by atoms with E-state index in [2.05, 4.69) is 39.8 Å². The fraction of sp³-hybridized carbons (Fsp3) is 0.182. The van der Waals surface area contributed by atoms with Gasteiger partial charge in [0.05, 0.1) is 18.4 Å². The predicted molar refractivity (Wildman–Crippen MR) is 67.7 cm³/mol. The third kappa shape index (κ3) is 2.71. The summed E-state index contributed by atoms with van der Waals surface area (Å²) in [6, 6.07) is 5.91. The Bertz CT molecular complexity index is 453. The highest BCUT2D eigenvalue weighted by molar-refractivity contribution is 14.1. The molecule has 2 rings (SSSR count). The maximum atomic E-state index is 5.45. The largest absolute Gasteiger partial charge is 0.454 e. The molecule has 0 unspecified atom stereocenters. The van der Waals surface area contributed by atoms with Gasteiger partial charge in [-0.05, 0) is 53.3 Å². The Kier molecular flexibility index (Phi) is 3.25. The highest BCUT2D eigenvalue weighted by atomic mass is 127. The lowest BCUT2D eigenvalue weighted by atomic mass is 10.2. The number of aryl methyl sites for hydroxylation is 1. The van der Waals surface area contributed by atoms with Crippen LogP contribution < -0.4 is 5.32 Å². The van der Waals surface area contributed by atoms with Crippen molar-refractivity contribution in [3.63, 3.8) is 0 Å². The van der Waals surface area contributed by atoms with E-state index in [1.54, 1.807) is 6.20 Å². The molecule has 0 aromatic carbocycles. The number of halogens is 1. The number of pyridine rings is 1. The zero-order chi connectivity index (χ0) is 10.7. The van der Waals surface area contributed by atoms with E-state index in [0.29, 0.717) is 6.54 Å². The molecule has 0 fully saturated rings. The normalized spacial score (nSPS) is 10.3. The van der Waals surface area contributed by atoms with E-state index in [-0.39, 0.29) is 0 Å². The molecule has 0 spiro atoms. The van der Waals surface area contributed by atoms with Crippen LogP contribution in [-0.4, -0.2) is 4.98 Å². The van der Waals surface area contributed by atoms with E-state index in [1.165, 1.54) is 5.56 Å². The minimum atomic E-state index is 0.690. The number of hydrogen-bond donors (Lipinski definition) is 1. The highest BCUT2D eigenvalue weighted by Gasteiger charge is 2.00. The summed E-state index contributed by atoms with van der Waals surface area (Å²) in [6.07, 6.45) is 3.61. The molecule has 1 N–H and O–H groups in total. The lowest BCUT2D eigenvalue weighted by Gasteiger charge is -2.06. The first kappa shape index (κ1) is 10.5. The summed E-state index contributed by atoms with van der Waals surface area (Å²) < 4.78 is 6.36. The zero-order valence-electron chi connectivity index (χ0n) is 8.33. The molecular weight excluding hydrogens is 303 g/mol. The van der Waals surface area contributed by atoms with Gasteiger partial charge in [0, 0.05) is 6.20 Å². The van der Waals surface area contributed by atoms with Crippen molar-refractivity contribution < 1.29 is 4.42 Å². The lowest BCUT2D eigenvalue weighted by Crippen LogP contribution is -2.00. The molecule has 78 valence electrons. The van der Waals surface area contributed by atoms with Crippen molar-refractivity contribution in [3.8, 4) is 0 Å². The van der Waals surface area contributed by atoms with Gasteiger partial charge in [-0.3, -0.25) is 4.98 Å². The summed E-state index contributed by atoms with van der Waals surface area (Å²) in [5.74, 6) is 0.933. The first-order chi connectivity index (χ1) is 7.25. The number of rotatable bonds is 3. The van der Waals surface area contributed by atoms with Gasteiger partial charge >= 0.3 is 0 Å². The summed E-state index contributed by atoms with van der Waals surface area (Å²) in [5, 5.41) is 3.28. The minimum absolute atomic E-state index is 0.690. The van der Waals surface area contributed by atoms with Crippen LogP contribution in [0.1, 0.15) is 11.3 Å². The van der Waals surface area contributed by atoms with Gasteiger partial charge in [0.15, 0.2) is 3.77 Å². The molecule has 0 amide bonds. The van der Waals surface area contributed by atoms with Crippen LogP contribution in [0, 0.1) is 10.7 Å². The number of aromatic nitrogens is 1.